The Morgan fingerprint density at radius 2 is 0.632 bits per heavy atom. The summed E-state index contributed by atoms with van der Waals surface area (Å²) in [7, 11) is 0. The van der Waals surface area contributed by atoms with Gasteiger partial charge in [0, 0.05) is 19.3 Å². The zero-order valence-corrected chi connectivity index (χ0v) is 43.3. The van der Waals surface area contributed by atoms with Gasteiger partial charge in [0.1, 0.15) is 13.2 Å². The molecule has 1 unspecified atom stereocenters. The summed E-state index contributed by atoms with van der Waals surface area (Å²) in [6.45, 7) is 6.18. The van der Waals surface area contributed by atoms with Crippen LogP contribution in [0.5, 0.6) is 0 Å². The molecule has 0 fully saturated rings. The molecule has 0 bridgehead atoms. The highest BCUT2D eigenvalue weighted by atomic mass is 16.6. The molecule has 0 aliphatic rings. The van der Waals surface area contributed by atoms with Gasteiger partial charge in [-0.15, -0.1) is 0 Å². The quantitative estimate of drug-likeness (QED) is 0.0199. The second-order valence-electron chi connectivity index (χ2n) is 17.0. The highest BCUT2D eigenvalue weighted by molar-refractivity contribution is 5.71. The highest BCUT2D eigenvalue weighted by Crippen LogP contribution is 2.13. The first-order valence-corrected chi connectivity index (χ1v) is 26.9. The van der Waals surface area contributed by atoms with E-state index in [0.29, 0.717) is 12.8 Å². The van der Waals surface area contributed by atoms with Crippen molar-refractivity contribution in [3.05, 3.63) is 146 Å². The molecule has 0 N–H and O–H groups in total. The summed E-state index contributed by atoms with van der Waals surface area (Å²) in [5.41, 5.74) is 0. The van der Waals surface area contributed by atoms with Crippen LogP contribution in [0, 0.1) is 0 Å². The second-order valence-corrected chi connectivity index (χ2v) is 17.0. The lowest BCUT2D eigenvalue weighted by molar-refractivity contribution is -0.166. The van der Waals surface area contributed by atoms with Gasteiger partial charge in [-0.2, -0.15) is 0 Å². The number of carbonyl (C=O) groups excluding carboxylic acids is 3. The molecule has 0 saturated heterocycles. The maximum Gasteiger partial charge on any atom is 0.306 e. The van der Waals surface area contributed by atoms with Crippen LogP contribution in [0.3, 0.4) is 0 Å². The summed E-state index contributed by atoms with van der Waals surface area (Å²) < 4.78 is 16.7. The van der Waals surface area contributed by atoms with Crippen molar-refractivity contribution in [1.29, 1.82) is 0 Å². The van der Waals surface area contributed by atoms with E-state index in [-0.39, 0.29) is 44.0 Å². The maximum absolute atomic E-state index is 12.8. The summed E-state index contributed by atoms with van der Waals surface area (Å²) in [4.78, 5) is 38.1. The third-order valence-electron chi connectivity index (χ3n) is 10.6. The van der Waals surface area contributed by atoms with Gasteiger partial charge in [-0.3, -0.25) is 14.4 Å². The fourth-order valence-electron chi connectivity index (χ4n) is 6.72. The van der Waals surface area contributed by atoms with Crippen LogP contribution < -0.4 is 0 Å². The molecule has 1 atom stereocenters. The van der Waals surface area contributed by atoms with Gasteiger partial charge >= 0.3 is 17.9 Å². The van der Waals surface area contributed by atoms with Crippen molar-refractivity contribution in [2.45, 2.75) is 213 Å². The van der Waals surface area contributed by atoms with Crippen LogP contribution in [-0.4, -0.2) is 37.2 Å². The molecule has 0 aromatic carbocycles. The SMILES string of the molecule is CC\C=C/C=C\C=C/CCCCCCCCCC(=O)OCC(COC(=O)CC/C=C\C/C=C\C/C=C\C/C=C\C/C=C\C/C=C\CC)OC(=O)CCCCCCCC/C=C\C/C=C\C/C=C\CC. The fourth-order valence-corrected chi connectivity index (χ4v) is 6.72. The predicted molar refractivity (Wildman–Crippen MR) is 292 cm³/mol. The highest BCUT2D eigenvalue weighted by Gasteiger charge is 2.19. The van der Waals surface area contributed by atoms with Crippen molar-refractivity contribution in [1.82, 2.24) is 0 Å². The normalized spacial score (nSPS) is 13.3. The number of esters is 3. The van der Waals surface area contributed by atoms with Gasteiger partial charge in [0.05, 0.1) is 0 Å². The van der Waals surface area contributed by atoms with E-state index in [1.54, 1.807) is 0 Å². The first-order valence-electron chi connectivity index (χ1n) is 26.9. The molecule has 0 heterocycles. The lowest BCUT2D eigenvalue weighted by Gasteiger charge is -2.18. The molecule has 0 aliphatic carbocycles. The molecule has 6 nitrogen and oxygen atoms in total. The molecule has 0 aromatic heterocycles. The molecule has 0 saturated carbocycles. The van der Waals surface area contributed by atoms with Crippen LogP contribution in [0.4, 0.5) is 0 Å². The molecule has 380 valence electrons. The van der Waals surface area contributed by atoms with E-state index >= 15 is 0 Å². The minimum atomic E-state index is -0.827. The van der Waals surface area contributed by atoms with Crippen LogP contribution in [0.2, 0.25) is 0 Å². The van der Waals surface area contributed by atoms with Crippen molar-refractivity contribution in [2.24, 2.45) is 0 Å². The van der Waals surface area contributed by atoms with E-state index < -0.39 is 6.10 Å². The molecule has 0 rings (SSSR count). The Kier molecular flexibility index (Phi) is 51.1. The molecular weight excluding hydrogens is 841 g/mol. The van der Waals surface area contributed by atoms with Crippen LogP contribution in [0.1, 0.15) is 207 Å². The number of unbranched alkanes of at least 4 members (excludes halogenated alkanes) is 13. The summed E-state index contributed by atoms with van der Waals surface area (Å²) in [6.07, 6.45) is 78.4. The Bertz CT molecular complexity index is 1540. The van der Waals surface area contributed by atoms with E-state index in [2.05, 4.69) is 154 Å². The number of hydrogen-bond acceptors (Lipinski definition) is 6. The van der Waals surface area contributed by atoms with Crippen molar-refractivity contribution >= 4 is 17.9 Å². The van der Waals surface area contributed by atoms with E-state index in [1.807, 2.05) is 12.2 Å². The topological polar surface area (TPSA) is 78.9 Å². The number of rotatable bonds is 46. The number of ether oxygens (including phenoxy) is 3. The zero-order chi connectivity index (χ0) is 49.3. The zero-order valence-electron chi connectivity index (χ0n) is 43.3. The van der Waals surface area contributed by atoms with E-state index in [1.165, 1.54) is 32.1 Å². The molecule has 68 heavy (non-hydrogen) atoms. The van der Waals surface area contributed by atoms with Gasteiger partial charge < -0.3 is 14.2 Å². The second kappa shape index (κ2) is 54.9. The minimum Gasteiger partial charge on any atom is -0.462 e. The summed E-state index contributed by atoms with van der Waals surface area (Å²) in [5.74, 6) is -1.04. The van der Waals surface area contributed by atoms with E-state index in [0.717, 1.165) is 128 Å². The average molecular weight is 937 g/mol. The van der Waals surface area contributed by atoms with Crippen molar-refractivity contribution in [2.75, 3.05) is 13.2 Å². The van der Waals surface area contributed by atoms with E-state index in [4.69, 9.17) is 14.2 Å². The Balaban J connectivity index is 4.57. The molecule has 0 radical (unpaired) electrons. The van der Waals surface area contributed by atoms with Crippen LogP contribution in [0.15, 0.2) is 146 Å². The molecule has 0 aliphatic heterocycles. The van der Waals surface area contributed by atoms with Crippen LogP contribution in [-0.2, 0) is 28.6 Å². The largest absolute Gasteiger partial charge is 0.462 e. The Morgan fingerprint density at radius 3 is 1.07 bits per heavy atom. The molecule has 6 heteroatoms. The minimum absolute atomic E-state index is 0.119. The van der Waals surface area contributed by atoms with Gasteiger partial charge in [-0.05, 0) is 109 Å². The number of carbonyl (C=O) groups is 3. The third-order valence-corrected chi connectivity index (χ3v) is 10.6. The van der Waals surface area contributed by atoms with Crippen molar-refractivity contribution in [3.8, 4) is 0 Å². The summed E-state index contributed by atoms with van der Waals surface area (Å²) >= 11 is 0. The summed E-state index contributed by atoms with van der Waals surface area (Å²) in [5, 5.41) is 0. The van der Waals surface area contributed by atoms with Gasteiger partial charge in [-0.25, -0.2) is 0 Å². The first kappa shape index (κ1) is 63.3. The summed E-state index contributed by atoms with van der Waals surface area (Å²) in [6, 6.07) is 0. The van der Waals surface area contributed by atoms with Gasteiger partial charge in [0.25, 0.3) is 0 Å². The van der Waals surface area contributed by atoms with Gasteiger partial charge in [0.2, 0.25) is 0 Å². The first-order chi connectivity index (χ1) is 33.5. The van der Waals surface area contributed by atoms with Crippen molar-refractivity contribution in [3.63, 3.8) is 0 Å². The number of hydrogen-bond donors (Lipinski definition) is 0. The van der Waals surface area contributed by atoms with Gasteiger partial charge in [0.15, 0.2) is 6.10 Å². The Morgan fingerprint density at radius 1 is 0.309 bits per heavy atom. The van der Waals surface area contributed by atoms with Crippen LogP contribution >= 0.6 is 0 Å². The number of allylic oxidation sites excluding steroid dienone is 24. The molecular formula is C62H96O6. The third kappa shape index (κ3) is 52.3. The average Bonchev–Trinajstić information content (AvgIpc) is 3.34. The van der Waals surface area contributed by atoms with Crippen LogP contribution in [0.25, 0.3) is 0 Å². The van der Waals surface area contributed by atoms with Crippen molar-refractivity contribution < 1.29 is 28.6 Å². The molecule has 0 spiro atoms. The lowest BCUT2D eigenvalue weighted by Crippen LogP contribution is -2.30. The standard InChI is InChI=1S/C62H96O6/c1-4-7-10-13-16-19-22-25-28-30-31-32-35-37-40-43-46-49-52-55-61(64)67-58-59(57-66-60(63)54-51-48-45-42-39-36-33-27-24-21-18-15-12-9-6-3)68-62(65)56-53-50-47-44-41-38-34-29-26-23-20-17-14-11-8-5-2/h7-12,15-21,24-26,28-29,31-32,37,40,46,49,59H,4-6,13-14,22-23,27,30,33-36,38-39,41-45,47-48,50-58H2,1-3H3/b10-7-,11-8-,12-9-,18-15-,19-16-,20-17-,24-21-,28-25-,29-26-,32-31-,40-37-,49-46-. The Hall–Kier alpha value is -4.71. The molecule has 0 aromatic rings. The lowest BCUT2D eigenvalue weighted by atomic mass is 10.1. The predicted octanol–water partition coefficient (Wildman–Crippen LogP) is 18.0. The smallest absolute Gasteiger partial charge is 0.306 e. The monoisotopic (exact) mass is 937 g/mol. The fraction of sp³-hybridized carbons (Fsp3) is 0.565. The van der Waals surface area contributed by atoms with Gasteiger partial charge in [-0.1, -0.05) is 224 Å². The Labute approximate surface area is 417 Å². The maximum atomic E-state index is 12.8. The molecule has 0 amide bonds. The van der Waals surface area contributed by atoms with E-state index in [9.17, 15) is 14.4 Å².